The van der Waals surface area contributed by atoms with E-state index in [1.807, 2.05) is 19.1 Å². The van der Waals surface area contributed by atoms with Crippen molar-refractivity contribution < 1.29 is 28.3 Å². The molecule has 0 saturated carbocycles. The SMILES string of the molecule is Cc1c(CC(C(=O)Cc2ccc(C(=O)O)cc2)N2CCC(c3c(F)ccc(Cl)c3F)=CC2=O)ccc2cn[nH]c12. The van der Waals surface area contributed by atoms with Gasteiger partial charge in [0.1, 0.15) is 5.82 Å². The zero-order chi connectivity index (χ0) is 28.6. The summed E-state index contributed by atoms with van der Waals surface area (Å²) >= 11 is 5.86. The fraction of sp³-hybridized carbons (Fsp3) is 0.200. The van der Waals surface area contributed by atoms with Crippen LogP contribution in [-0.2, 0) is 22.4 Å². The maximum atomic E-state index is 14.7. The monoisotopic (exact) mass is 563 g/mol. The highest BCUT2D eigenvalue weighted by Gasteiger charge is 2.33. The van der Waals surface area contributed by atoms with Gasteiger partial charge >= 0.3 is 5.97 Å². The Morgan fingerprint density at radius 3 is 2.58 bits per heavy atom. The number of carboxylic acid groups (broad SMARTS) is 1. The number of Topliss-reactive ketones (excluding diaryl/α,β-unsaturated/α-hetero) is 1. The Labute approximate surface area is 233 Å². The van der Waals surface area contributed by atoms with E-state index in [4.69, 9.17) is 11.6 Å². The van der Waals surface area contributed by atoms with Gasteiger partial charge in [0.25, 0.3) is 0 Å². The Bertz CT molecular complexity index is 1680. The molecule has 0 radical (unpaired) electrons. The highest BCUT2D eigenvalue weighted by Crippen LogP contribution is 2.32. The molecule has 1 aromatic heterocycles. The lowest BCUT2D eigenvalue weighted by Crippen LogP contribution is -2.48. The Kier molecular flexibility index (Phi) is 7.49. The fourth-order valence-electron chi connectivity index (χ4n) is 5.09. The van der Waals surface area contributed by atoms with Gasteiger partial charge in [-0.15, -0.1) is 0 Å². The van der Waals surface area contributed by atoms with Crippen molar-refractivity contribution in [2.45, 2.75) is 32.2 Å². The number of nitrogens with one attached hydrogen (secondary N) is 1. The molecule has 1 unspecified atom stereocenters. The van der Waals surface area contributed by atoms with Crippen LogP contribution in [0.5, 0.6) is 0 Å². The van der Waals surface area contributed by atoms with Crippen LogP contribution in [0.15, 0.2) is 60.8 Å². The molecule has 0 fully saturated rings. The summed E-state index contributed by atoms with van der Waals surface area (Å²) in [6.07, 6.45) is 3.16. The summed E-state index contributed by atoms with van der Waals surface area (Å²) < 4.78 is 29.2. The minimum atomic E-state index is -1.07. The van der Waals surface area contributed by atoms with Crippen LogP contribution < -0.4 is 0 Å². The van der Waals surface area contributed by atoms with Crippen molar-refractivity contribution in [3.05, 3.63) is 105 Å². The minimum absolute atomic E-state index is 0.0339. The molecule has 5 rings (SSSR count). The van der Waals surface area contributed by atoms with Gasteiger partial charge in [-0.05, 0) is 59.9 Å². The van der Waals surface area contributed by atoms with Gasteiger partial charge in [-0.2, -0.15) is 5.10 Å². The highest BCUT2D eigenvalue weighted by atomic mass is 35.5. The summed E-state index contributed by atoms with van der Waals surface area (Å²) in [5.41, 5.74) is 3.08. The van der Waals surface area contributed by atoms with Crippen LogP contribution in [0.1, 0.15) is 39.0 Å². The van der Waals surface area contributed by atoms with Gasteiger partial charge in [0.2, 0.25) is 5.91 Å². The molecule has 1 aliphatic rings. The number of hydrogen-bond donors (Lipinski definition) is 2. The molecule has 3 aromatic carbocycles. The summed E-state index contributed by atoms with van der Waals surface area (Å²) in [5.74, 6) is -3.63. The smallest absolute Gasteiger partial charge is 0.335 e. The topological polar surface area (TPSA) is 103 Å². The minimum Gasteiger partial charge on any atom is -0.478 e. The molecule has 2 heterocycles. The molecule has 40 heavy (non-hydrogen) atoms. The molecular formula is C30H24ClF2N3O4. The molecule has 1 atom stereocenters. The Hall–Kier alpha value is -4.37. The van der Waals surface area contributed by atoms with Crippen molar-refractivity contribution in [1.29, 1.82) is 0 Å². The predicted octanol–water partition coefficient (Wildman–Crippen LogP) is 5.54. The van der Waals surface area contributed by atoms with Gasteiger partial charge in [-0.25, -0.2) is 13.6 Å². The zero-order valence-corrected chi connectivity index (χ0v) is 22.1. The average molecular weight is 564 g/mol. The van der Waals surface area contributed by atoms with Crippen LogP contribution in [0.4, 0.5) is 8.78 Å². The van der Waals surface area contributed by atoms with Gasteiger partial charge in [0.15, 0.2) is 11.6 Å². The Balaban J connectivity index is 1.48. The number of fused-ring (bicyclic) bond motifs is 1. The first-order chi connectivity index (χ1) is 19.1. The van der Waals surface area contributed by atoms with Crippen LogP contribution in [0.25, 0.3) is 16.5 Å². The second-order valence-electron chi connectivity index (χ2n) is 9.72. The molecule has 0 spiro atoms. The molecule has 4 aromatic rings. The molecular weight excluding hydrogens is 540 g/mol. The van der Waals surface area contributed by atoms with Gasteiger partial charge in [0.05, 0.1) is 33.9 Å². The van der Waals surface area contributed by atoms with Crippen molar-refractivity contribution in [2.24, 2.45) is 0 Å². The van der Waals surface area contributed by atoms with E-state index in [2.05, 4.69) is 10.2 Å². The third kappa shape index (κ3) is 5.24. The third-order valence-corrected chi connectivity index (χ3v) is 7.59. The molecule has 10 heteroatoms. The van der Waals surface area contributed by atoms with Crippen LogP contribution in [0.2, 0.25) is 5.02 Å². The molecule has 1 aliphatic heterocycles. The normalized spacial score (nSPS) is 14.3. The number of aryl methyl sites for hydroxylation is 1. The first kappa shape index (κ1) is 27.2. The number of amides is 1. The predicted molar refractivity (Wildman–Crippen MR) is 146 cm³/mol. The second kappa shape index (κ2) is 11.0. The number of hydrogen-bond acceptors (Lipinski definition) is 4. The Morgan fingerprint density at radius 1 is 1.12 bits per heavy atom. The lowest BCUT2D eigenvalue weighted by molar-refractivity contribution is -0.136. The summed E-state index contributed by atoms with van der Waals surface area (Å²) in [7, 11) is 0. The number of nitrogens with zero attached hydrogens (tertiary/aromatic N) is 2. The first-order valence-corrected chi connectivity index (χ1v) is 12.9. The standard InChI is InChI=1S/C30H24ClF2N3O4/c1-16-19(6-7-21-15-34-35-29(16)21)13-24(25(37)12-17-2-4-18(5-3-17)30(39)40)36-11-10-20(14-26(36)38)27-23(32)9-8-22(31)28(27)33/h2-9,14-15,24H,10-13H2,1H3,(H,34,35)(H,39,40). The van der Waals surface area contributed by atoms with Gasteiger partial charge in [-0.1, -0.05) is 35.9 Å². The van der Waals surface area contributed by atoms with Crippen molar-refractivity contribution >= 4 is 45.7 Å². The lowest BCUT2D eigenvalue weighted by atomic mass is 9.91. The number of carboxylic acids is 1. The van der Waals surface area contributed by atoms with Crippen molar-refractivity contribution in [1.82, 2.24) is 15.1 Å². The van der Waals surface area contributed by atoms with E-state index in [0.717, 1.165) is 40.2 Å². The number of carbonyl (C=O) groups is 3. The summed E-state index contributed by atoms with van der Waals surface area (Å²) in [5, 5.41) is 16.9. The lowest BCUT2D eigenvalue weighted by Gasteiger charge is -2.34. The molecule has 0 saturated heterocycles. The van der Waals surface area contributed by atoms with Crippen molar-refractivity contribution in [3.63, 3.8) is 0 Å². The molecule has 1 amide bonds. The number of halogens is 3. The summed E-state index contributed by atoms with van der Waals surface area (Å²) in [6.45, 7) is 1.97. The van der Waals surface area contributed by atoms with Crippen LogP contribution in [0.3, 0.4) is 0 Å². The molecule has 7 nitrogen and oxygen atoms in total. The fourth-order valence-corrected chi connectivity index (χ4v) is 5.25. The molecule has 0 aliphatic carbocycles. The van der Waals surface area contributed by atoms with E-state index >= 15 is 0 Å². The number of carbonyl (C=O) groups excluding carboxylic acids is 2. The summed E-state index contributed by atoms with van der Waals surface area (Å²) in [4.78, 5) is 39.7. The molecule has 0 bridgehead atoms. The van der Waals surface area contributed by atoms with E-state index in [-0.39, 0.29) is 53.3 Å². The zero-order valence-electron chi connectivity index (χ0n) is 21.4. The van der Waals surface area contributed by atoms with E-state index in [9.17, 15) is 28.3 Å². The summed E-state index contributed by atoms with van der Waals surface area (Å²) in [6, 6.07) is 11.0. The number of aromatic nitrogens is 2. The number of aromatic amines is 1. The van der Waals surface area contributed by atoms with E-state index in [1.165, 1.54) is 17.0 Å². The number of H-pyrrole nitrogens is 1. The van der Waals surface area contributed by atoms with E-state index < -0.39 is 29.6 Å². The van der Waals surface area contributed by atoms with Crippen molar-refractivity contribution in [3.8, 4) is 0 Å². The van der Waals surface area contributed by atoms with Crippen LogP contribution in [-0.4, -0.2) is 50.5 Å². The van der Waals surface area contributed by atoms with E-state index in [0.29, 0.717) is 5.56 Å². The quantitative estimate of drug-likeness (QED) is 0.274. The number of rotatable bonds is 8. The van der Waals surface area contributed by atoms with Gasteiger partial charge < -0.3 is 10.0 Å². The second-order valence-corrected chi connectivity index (χ2v) is 10.1. The number of aromatic carboxylic acids is 1. The third-order valence-electron chi connectivity index (χ3n) is 7.30. The van der Waals surface area contributed by atoms with Gasteiger partial charge in [-0.3, -0.25) is 14.7 Å². The Morgan fingerprint density at radius 2 is 1.88 bits per heavy atom. The molecule has 204 valence electrons. The highest BCUT2D eigenvalue weighted by molar-refractivity contribution is 6.31. The maximum Gasteiger partial charge on any atom is 0.335 e. The first-order valence-electron chi connectivity index (χ1n) is 12.6. The van der Waals surface area contributed by atoms with Gasteiger partial charge in [0, 0.05) is 30.8 Å². The largest absolute Gasteiger partial charge is 0.478 e. The molecule has 2 N–H and O–H groups in total. The van der Waals surface area contributed by atoms with Crippen LogP contribution in [0, 0.1) is 18.6 Å². The maximum absolute atomic E-state index is 14.7. The average Bonchev–Trinajstić information content (AvgIpc) is 3.41. The number of benzene rings is 3. The van der Waals surface area contributed by atoms with Crippen molar-refractivity contribution in [2.75, 3.05) is 6.54 Å². The number of ketones is 1. The van der Waals surface area contributed by atoms with E-state index in [1.54, 1.807) is 18.3 Å². The van der Waals surface area contributed by atoms with Crippen LogP contribution >= 0.6 is 11.6 Å².